The average molecular weight is 364 g/mol. The van der Waals surface area contributed by atoms with Crippen LogP contribution in [-0.4, -0.2) is 48.4 Å². The van der Waals surface area contributed by atoms with Crippen molar-refractivity contribution >= 4 is 28.7 Å². The molecule has 8 heteroatoms. The van der Waals surface area contributed by atoms with Crippen LogP contribution in [0.5, 0.6) is 0 Å². The van der Waals surface area contributed by atoms with Gasteiger partial charge < -0.3 is 9.64 Å². The highest BCUT2D eigenvalue weighted by Gasteiger charge is 2.45. The first-order chi connectivity index (χ1) is 11.8. The van der Waals surface area contributed by atoms with Crippen molar-refractivity contribution in [2.75, 3.05) is 0 Å². The van der Waals surface area contributed by atoms with Gasteiger partial charge in [-0.25, -0.2) is 19.4 Å². The van der Waals surface area contributed by atoms with E-state index in [1.165, 1.54) is 6.33 Å². The van der Waals surface area contributed by atoms with Crippen molar-refractivity contribution in [2.24, 2.45) is 0 Å². The third kappa shape index (κ3) is 2.94. The van der Waals surface area contributed by atoms with Crippen molar-refractivity contribution in [3.63, 3.8) is 0 Å². The van der Waals surface area contributed by atoms with Crippen molar-refractivity contribution in [2.45, 2.75) is 70.2 Å². The Labute approximate surface area is 151 Å². The van der Waals surface area contributed by atoms with E-state index in [9.17, 15) is 4.79 Å². The molecule has 0 saturated carbocycles. The van der Waals surface area contributed by atoms with Crippen molar-refractivity contribution in [3.8, 4) is 0 Å². The van der Waals surface area contributed by atoms with E-state index in [-0.39, 0.29) is 24.2 Å². The molecule has 2 fully saturated rings. The minimum Gasteiger partial charge on any atom is -0.444 e. The maximum absolute atomic E-state index is 12.6. The SMILES string of the molecule is CC(C)(C)OC(=O)N1[C@H]2CC[C@H]1CC(n1ncc3c(Cl)ncnc31)C2. The highest BCUT2D eigenvalue weighted by atomic mass is 35.5. The molecular weight excluding hydrogens is 342 g/mol. The third-order valence-corrected chi connectivity index (χ3v) is 5.30. The number of carbonyl (C=O) groups is 1. The topological polar surface area (TPSA) is 73.1 Å². The van der Waals surface area contributed by atoms with Gasteiger partial charge in [-0.15, -0.1) is 0 Å². The Bertz CT molecular complexity index is 801. The smallest absolute Gasteiger partial charge is 0.410 e. The summed E-state index contributed by atoms with van der Waals surface area (Å²) in [6, 6.07) is 0.588. The van der Waals surface area contributed by atoms with Crippen LogP contribution >= 0.6 is 11.6 Å². The first kappa shape index (κ1) is 16.6. The van der Waals surface area contributed by atoms with Crippen molar-refractivity contribution in [3.05, 3.63) is 17.7 Å². The monoisotopic (exact) mass is 363 g/mol. The molecule has 2 aromatic rings. The number of carbonyl (C=O) groups excluding carboxylic acids is 1. The van der Waals surface area contributed by atoms with Crippen LogP contribution in [-0.2, 0) is 4.74 Å². The minimum absolute atomic E-state index is 0.190. The van der Waals surface area contributed by atoms with Gasteiger partial charge in [-0.3, -0.25) is 0 Å². The molecule has 0 unspecified atom stereocenters. The molecule has 2 aliphatic heterocycles. The second-order valence-corrected chi connectivity index (χ2v) is 8.25. The van der Waals surface area contributed by atoms with Gasteiger partial charge in [0.2, 0.25) is 0 Å². The summed E-state index contributed by atoms with van der Waals surface area (Å²) >= 11 is 6.13. The molecule has 0 radical (unpaired) electrons. The van der Waals surface area contributed by atoms with Gasteiger partial charge in [0, 0.05) is 12.1 Å². The fourth-order valence-corrected chi connectivity index (χ4v) is 4.24. The molecule has 0 aromatic carbocycles. The normalized spacial score (nSPS) is 26.2. The van der Waals surface area contributed by atoms with Gasteiger partial charge in [0.15, 0.2) is 5.65 Å². The molecule has 4 rings (SSSR count). The molecular formula is C17H22ClN5O2. The summed E-state index contributed by atoms with van der Waals surface area (Å²) in [5.41, 5.74) is 0.286. The number of halogens is 1. The van der Waals surface area contributed by atoms with Crippen molar-refractivity contribution in [1.29, 1.82) is 0 Å². The summed E-state index contributed by atoms with van der Waals surface area (Å²) in [7, 11) is 0. The minimum atomic E-state index is -0.473. The number of ether oxygens (including phenoxy) is 1. The number of fused-ring (bicyclic) bond motifs is 3. The molecule has 2 bridgehead atoms. The van der Waals surface area contributed by atoms with E-state index in [0.29, 0.717) is 5.15 Å². The highest BCUT2D eigenvalue weighted by molar-refractivity contribution is 6.33. The first-order valence-corrected chi connectivity index (χ1v) is 9.06. The third-order valence-electron chi connectivity index (χ3n) is 5.00. The van der Waals surface area contributed by atoms with E-state index in [2.05, 4.69) is 15.1 Å². The number of hydrogen-bond acceptors (Lipinski definition) is 5. The molecule has 1 amide bonds. The van der Waals surface area contributed by atoms with Gasteiger partial charge in [0.25, 0.3) is 0 Å². The largest absolute Gasteiger partial charge is 0.444 e. The molecule has 7 nitrogen and oxygen atoms in total. The molecule has 0 N–H and O–H groups in total. The second kappa shape index (κ2) is 5.83. The van der Waals surface area contributed by atoms with Crippen molar-refractivity contribution < 1.29 is 9.53 Å². The lowest BCUT2D eigenvalue weighted by atomic mass is 9.98. The Balaban J connectivity index is 1.57. The molecule has 0 aliphatic carbocycles. The summed E-state index contributed by atoms with van der Waals surface area (Å²) in [5.74, 6) is 0. The molecule has 2 atom stereocenters. The predicted octanol–water partition coefficient (Wildman–Crippen LogP) is 3.58. The standard InChI is InChI=1S/C17H22ClN5O2/c1-17(2,3)25-16(24)22-10-4-5-11(22)7-12(6-10)23-15-13(8-21-23)14(18)19-9-20-15/h8-12H,4-7H2,1-3H3/t10-,11-/m0/s1. The highest BCUT2D eigenvalue weighted by Crippen LogP contribution is 2.42. The molecule has 4 heterocycles. The lowest BCUT2D eigenvalue weighted by Crippen LogP contribution is -2.48. The van der Waals surface area contributed by atoms with E-state index >= 15 is 0 Å². The number of nitrogens with zero attached hydrogens (tertiary/aromatic N) is 5. The van der Waals surface area contributed by atoms with Gasteiger partial charge in [0.1, 0.15) is 17.1 Å². The van der Waals surface area contributed by atoms with Crippen LogP contribution in [0.3, 0.4) is 0 Å². The Hall–Kier alpha value is -1.89. The quantitative estimate of drug-likeness (QED) is 0.724. The van der Waals surface area contributed by atoms with Gasteiger partial charge in [-0.1, -0.05) is 11.6 Å². The van der Waals surface area contributed by atoms with Gasteiger partial charge in [0.05, 0.1) is 17.6 Å². The van der Waals surface area contributed by atoms with Crippen LogP contribution in [0.2, 0.25) is 5.15 Å². The number of amides is 1. The predicted molar refractivity (Wildman–Crippen MR) is 93.5 cm³/mol. The Morgan fingerprint density at radius 2 is 1.88 bits per heavy atom. The zero-order valence-electron chi connectivity index (χ0n) is 14.6. The van der Waals surface area contributed by atoms with Crippen LogP contribution in [0.25, 0.3) is 11.0 Å². The summed E-state index contributed by atoms with van der Waals surface area (Å²) in [6.07, 6.45) is 6.72. The number of aromatic nitrogens is 4. The van der Waals surface area contributed by atoms with Crippen LogP contribution in [0.15, 0.2) is 12.5 Å². The lowest BCUT2D eigenvalue weighted by molar-refractivity contribution is 0.00254. The van der Waals surface area contributed by atoms with Crippen molar-refractivity contribution in [1.82, 2.24) is 24.6 Å². The Morgan fingerprint density at radius 3 is 2.52 bits per heavy atom. The number of rotatable bonds is 1. The molecule has 134 valence electrons. The lowest BCUT2D eigenvalue weighted by Gasteiger charge is -2.39. The first-order valence-electron chi connectivity index (χ1n) is 8.68. The zero-order chi connectivity index (χ0) is 17.8. The zero-order valence-corrected chi connectivity index (χ0v) is 15.4. The summed E-state index contributed by atoms with van der Waals surface area (Å²) in [4.78, 5) is 22.9. The summed E-state index contributed by atoms with van der Waals surface area (Å²) in [5, 5.41) is 5.69. The van der Waals surface area contributed by atoms with Crippen LogP contribution < -0.4 is 0 Å². The maximum Gasteiger partial charge on any atom is 0.410 e. The summed E-state index contributed by atoms with van der Waals surface area (Å²) < 4.78 is 7.54. The van der Waals surface area contributed by atoms with Crippen LogP contribution in [0.4, 0.5) is 4.79 Å². The van der Waals surface area contributed by atoms with E-state index in [1.54, 1.807) is 6.20 Å². The van der Waals surface area contributed by atoms with E-state index < -0.39 is 5.60 Å². The van der Waals surface area contributed by atoms with Crippen LogP contribution in [0.1, 0.15) is 52.5 Å². The van der Waals surface area contributed by atoms with Gasteiger partial charge in [-0.2, -0.15) is 5.10 Å². The number of piperidine rings is 1. The molecule has 2 saturated heterocycles. The fourth-order valence-electron chi connectivity index (χ4n) is 4.06. The molecule has 0 spiro atoms. The molecule has 25 heavy (non-hydrogen) atoms. The van der Waals surface area contributed by atoms with Gasteiger partial charge in [-0.05, 0) is 46.5 Å². The van der Waals surface area contributed by atoms with Crippen LogP contribution in [0, 0.1) is 0 Å². The average Bonchev–Trinajstić information content (AvgIpc) is 3.06. The maximum atomic E-state index is 12.6. The van der Waals surface area contributed by atoms with E-state index in [0.717, 1.165) is 36.7 Å². The van der Waals surface area contributed by atoms with E-state index in [4.69, 9.17) is 16.3 Å². The van der Waals surface area contributed by atoms with Gasteiger partial charge >= 0.3 is 6.09 Å². The summed E-state index contributed by atoms with van der Waals surface area (Å²) in [6.45, 7) is 5.70. The number of hydrogen-bond donors (Lipinski definition) is 0. The molecule has 2 aromatic heterocycles. The molecule has 2 aliphatic rings. The second-order valence-electron chi connectivity index (χ2n) is 7.89. The Morgan fingerprint density at radius 1 is 1.20 bits per heavy atom. The Kier molecular flexibility index (Phi) is 3.86. The van der Waals surface area contributed by atoms with E-state index in [1.807, 2.05) is 30.4 Å². The fraction of sp³-hybridized carbons (Fsp3) is 0.647.